The molecule has 1 aliphatic rings. The van der Waals surface area contributed by atoms with E-state index in [1.54, 1.807) is 0 Å². The largest absolute Gasteiger partial charge is 0.462 e. The van der Waals surface area contributed by atoms with Crippen LogP contribution in [0.15, 0.2) is 36.5 Å². The van der Waals surface area contributed by atoms with Crippen molar-refractivity contribution in [3.05, 3.63) is 53.3 Å². The summed E-state index contributed by atoms with van der Waals surface area (Å²) < 4.78 is 5.32. The summed E-state index contributed by atoms with van der Waals surface area (Å²) in [4.78, 5) is 16.4. The van der Waals surface area contributed by atoms with Crippen LogP contribution in [-0.2, 0) is 4.74 Å². The third-order valence-electron chi connectivity index (χ3n) is 4.11. The lowest BCUT2D eigenvalue weighted by atomic mass is 10.0. The number of rotatable bonds is 4. The summed E-state index contributed by atoms with van der Waals surface area (Å²) in [6, 6.07) is 9.61. The molecule has 4 nitrogen and oxygen atoms in total. The van der Waals surface area contributed by atoms with E-state index >= 15 is 0 Å². The minimum Gasteiger partial charge on any atom is -0.462 e. The highest BCUT2D eigenvalue weighted by molar-refractivity contribution is 5.90. The fourth-order valence-corrected chi connectivity index (χ4v) is 2.34. The van der Waals surface area contributed by atoms with Crippen molar-refractivity contribution < 1.29 is 9.53 Å². The first-order valence-corrected chi connectivity index (χ1v) is 7.55. The van der Waals surface area contributed by atoms with Crippen LogP contribution < -0.4 is 5.32 Å². The van der Waals surface area contributed by atoms with Gasteiger partial charge >= 0.3 is 5.97 Å². The van der Waals surface area contributed by atoms with E-state index in [1.165, 1.54) is 0 Å². The van der Waals surface area contributed by atoms with Gasteiger partial charge in [0.2, 0.25) is 0 Å². The molecule has 0 radical (unpaired) electrons. The molecule has 0 spiro atoms. The van der Waals surface area contributed by atoms with Gasteiger partial charge in [0.25, 0.3) is 0 Å². The van der Waals surface area contributed by atoms with Crippen molar-refractivity contribution >= 4 is 5.97 Å². The first-order valence-electron chi connectivity index (χ1n) is 7.55. The van der Waals surface area contributed by atoms with Crippen LogP contribution in [0.25, 0.3) is 11.1 Å². The number of aryl methyl sites for hydroxylation is 2. The van der Waals surface area contributed by atoms with E-state index in [9.17, 15) is 4.79 Å². The van der Waals surface area contributed by atoms with Crippen molar-refractivity contribution in [3.8, 4) is 11.1 Å². The molecule has 2 aromatic rings. The average Bonchev–Trinajstić information content (AvgIpc) is 2.48. The Labute approximate surface area is 130 Å². The highest BCUT2D eigenvalue weighted by Gasteiger charge is 2.19. The fraction of sp³-hybridized carbons (Fsp3) is 0.333. The number of ether oxygens (including phenoxy) is 1. The molecule has 0 unspecified atom stereocenters. The highest BCUT2D eigenvalue weighted by atomic mass is 16.5. The molecule has 1 aromatic carbocycles. The quantitative estimate of drug-likeness (QED) is 0.881. The summed E-state index contributed by atoms with van der Waals surface area (Å²) in [6.07, 6.45) is 1.86. The Balaban J connectivity index is 1.68. The molecule has 1 aromatic heterocycles. The number of esters is 1. The number of hydrogen-bond donors (Lipinski definition) is 1. The van der Waals surface area contributed by atoms with Gasteiger partial charge in [-0.3, -0.25) is 4.98 Å². The van der Waals surface area contributed by atoms with Crippen molar-refractivity contribution in [1.29, 1.82) is 0 Å². The molecule has 3 rings (SSSR count). The number of nitrogens with zero attached hydrogens (tertiary/aromatic N) is 1. The van der Waals surface area contributed by atoms with Crippen LogP contribution >= 0.6 is 0 Å². The van der Waals surface area contributed by atoms with Gasteiger partial charge in [-0.25, -0.2) is 4.79 Å². The van der Waals surface area contributed by atoms with E-state index < -0.39 is 0 Å². The Morgan fingerprint density at radius 1 is 1.23 bits per heavy atom. The number of carbonyl (C=O) groups excluding carboxylic acids is 1. The molecule has 114 valence electrons. The Morgan fingerprint density at radius 2 is 1.95 bits per heavy atom. The molecule has 2 heterocycles. The molecule has 1 fully saturated rings. The fourth-order valence-electron chi connectivity index (χ4n) is 2.34. The van der Waals surface area contributed by atoms with Gasteiger partial charge in [-0.1, -0.05) is 12.1 Å². The van der Waals surface area contributed by atoms with Gasteiger partial charge < -0.3 is 10.1 Å². The second-order valence-corrected chi connectivity index (χ2v) is 5.83. The number of nitrogens with one attached hydrogen (secondary N) is 1. The van der Waals surface area contributed by atoms with Crippen LogP contribution in [0.4, 0.5) is 0 Å². The standard InChI is InChI=1S/C18H20N2O2/c1-12-7-17(10-20-13(12)2)15-3-5-16(6-4-15)18(21)22-11-14-8-19-9-14/h3-7,10,14,19H,8-9,11H2,1-2H3. The molecule has 1 saturated heterocycles. The monoisotopic (exact) mass is 296 g/mol. The zero-order valence-corrected chi connectivity index (χ0v) is 12.9. The minimum absolute atomic E-state index is 0.253. The molecule has 0 aliphatic carbocycles. The van der Waals surface area contributed by atoms with Crippen molar-refractivity contribution in [1.82, 2.24) is 10.3 Å². The molecule has 0 saturated carbocycles. The molecule has 0 bridgehead atoms. The third kappa shape index (κ3) is 3.17. The SMILES string of the molecule is Cc1cc(-c2ccc(C(=O)OCC3CNC3)cc2)cnc1C. The van der Waals surface area contributed by atoms with Gasteiger partial charge in [0.05, 0.1) is 12.2 Å². The zero-order chi connectivity index (χ0) is 15.5. The van der Waals surface area contributed by atoms with E-state index in [2.05, 4.69) is 16.4 Å². The number of carbonyl (C=O) groups is 1. The Hall–Kier alpha value is -2.20. The molecule has 22 heavy (non-hydrogen) atoms. The van der Waals surface area contributed by atoms with Crippen molar-refractivity contribution in [2.75, 3.05) is 19.7 Å². The number of aromatic nitrogens is 1. The lowest BCUT2D eigenvalue weighted by molar-refractivity contribution is 0.0398. The Morgan fingerprint density at radius 3 is 2.55 bits per heavy atom. The third-order valence-corrected chi connectivity index (χ3v) is 4.11. The molecule has 0 atom stereocenters. The molecular weight excluding hydrogens is 276 g/mol. The molecule has 1 N–H and O–H groups in total. The van der Waals surface area contributed by atoms with E-state index in [4.69, 9.17) is 4.74 Å². The summed E-state index contributed by atoms with van der Waals surface area (Å²) in [5, 5.41) is 3.16. The van der Waals surface area contributed by atoms with E-state index in [0.717, 1.165) is 35.5 Å². The van der Waals surface area contributed by atoms with Crippen LogP contribution in [-0.4, -0.2) is 30.6 Å². The summed E-state index contributed by atoms with van der Waals surface area (Å²) >= 11 is 0. The van der Waals surface area contributed by atoms with Gasteiger partial charge in [0.1, 0.15) is 0 Å². The van der Waals surface area contributed by atoms with E-state index in [0.29, 0.717) is 18.1 Å². The average molecular weight is 296 g/mol. The maximum atomic E-state index is 12.0. The van der Waals surface area contributed by atoms with Crippen molar-refractivity contribution in [2.45, 2.75) is 13.8 Å². The molecule has 1 aliphatic heterocycles. The molecule has 4 heteroatoms. The summed E-state index contributed by atoms with van der Waals surface area (Å²) in [6.45, 7) is 6.41. The van der Waals surface area contributed by atoms with Gasteiger partial charge in [0, 0.05) is 36.5 Å². The number of benzene rings is 1. The van der Waals surface area contributed by atoms with E-state index in [1.807, 2.05) is 44.3 Å². The summed E-state index contributed by atoms with van der Waals surface area (Å²) in [7, 11) is 0. The van der Waals surface area contributed by atoms with Gasteiger partial charge in [0.15, 0.2) is 0 Å². The van der Waals surface area contributed by atoms with E-state index in [-0.39, 0.29) is 5.97 Å². The maximum Gasteiger partial charge on any atom is 0.338 e. The van der Waals surface area contributed by atoms with Crippen LogP contribution in [0, 0.1) is 19.8 Å². The lowest BCUT2D eigenvalue weighted by Gasteiger charge is -2.26. The Bertz CT molecular complexity index is 676. The first kappa shape index (κ1) is 14.7. The number of hydrogen-bond acceptors (Lipinski definition) is 4. The topological polar surface area (TPSA) is 51.2 Å². The van der Waals surface area contributed by atoms with Crippen molar-refractivity contribution in [3.63, 3.8) is 0 Å². The Kier molecular flexibility index (Phi) is 4.20. The van der Waals surface area contributed by atoms with Gasteiger partial charge in [-0.15, -0.1) is 0 Å². The smallest absolute Gasteiger partial charge is 0.338 e. The van der Waals surface area contributed by atoms with Gasteiger partial charge in [-0.2, -0.15) is 0 Å². The number of pyridine rings is 1. The predicted molar refractivity (Wildman–Crippen MR) is 85.8 cm³/mol. The maximum absolute atomic E-state index is 12.0. The lowest BCUT2D eigenvalue weighted by Crippen LogP contribution is -2.44. The second-order valence-electron chi connectivity index (χ2n) is 5.83. The minimum atomic E-state index is -0.253. The normalized spacial score (nSPS) is 14.5. The van der Waals surface area contributed by atoms with Crippen LogP contribution in [0.2, 0.25) is 0 Å². The summed E-state index contributed by atoms with van der Waals surface area (Å²) in [5.41, 5.74) is 4.90. The van der Waals surface area contributed by atoms with Crippen LogP contribution in [0.5, 0.6) is 0 Å². The van der Waals surface area contributed by atoms with Crippen LogP contribution in [0.3, 0.4) is 0 Å². The molecule has 0 amide bonds. The first-order chi connectivity index (χ1) is 10.6. The van der Waals surface area contributed by atoms with Gasteiger partial charge in [-0.05, 0) is 43.2 Å². The summed E-state index contributed by atoms with van der Waals surface area (Å²) in [5.74, 6) is 0.210. The zero-order valence-electron chi connectivity index (χ0n) is 12.9. The second kappa shape index (κ2) is 6.28. The predicted octanol–water partition coefficient (Wildman–Crippen LogP) is 2.74. The van der Waals surface area contributed by atoms with Crippen molar-refractivity contribution in [2.24, 2.45) is 5.92 Å². The highest BCUT2D eigenvalue weighted by Crippen LogP contribution is 2.21. The molecular formula is C18H20N2O2. The van der Waals surface area contributed by atoms with Crippen LogP contribution in [0.1, 0.15) is 21.6 Å².